The van der Waals surface area contributed by atoms with Crippen LogP contribution < -0.4 is 10.6 Å². The number of anilines is 2. The zero-order valence-corrected chi connectivity index (χ0v) is 11.1. The molecule has 0 aliphatic rings. The number of rotatable bonds is 6. The Bertz CT molecular complexity index is 549. The van der Waals surface area contributed by atoms with E-state index in [1.807, 2.05) is 18.4 Å². The fraction of sp³-hybridized carbons (Fsp3) is 0.167. The van der Waals surface area contributed by atoms with Crippen LogP contribution in [0.5, 0.6) is 0 Å². The molecule has 0 saturated carbocycles. The normalized spacial score (nSPS) is 9.95. The molecule has 0 spiro atoms. The van der Waals surface area contributed by atoms with Crippen LogP contribution in [0.2, 0.25) is 0 Å². The molecule has 0 radical (unpaired) electrons. The van der Waals surface area contributed by atoms with E-state index < -0.39 is 0 Å². The van der Waals surface area contributed by atoms with E-state index >= 15 is 0 Å². The predicted octanol–water partition coefficient (Wildman–Crippen LogP) is 1.77. The summed E-state index contributed by atoms with van der Waals surface area (Å²) in [6.45, 7) is 0.598. The number of pyridine rings is 1. The minimum absolute atomic E-state index is 0.557. The van der Waals surface area contributed by atoms with Crippen LogP contribution in [0.4, 0.5) is 11.5 Å². The van der Waals surface area contributed by atoms with Crippen LogP contribution in [0, 0.1) is 0 Å². The minimum Gasteiger partial charge on any atom is -0.364 e. The van der Waals surface area contributed by atoms with Crippen LogP contribution >= 0.6 is 11.8 Å². The third kappa shape index (κ3) is 3.65. The van der Waals surface area contributed by atoms with Gasteiger partial charge in [0.1, 0.15) is 5.69 Å². The molecule has 0 aliphatic heterocycles. The number of nitrogens with one attached hydrogen (secondary N) is 2. The van der Waals surface area contributed by atoms with Gasteiger partial charge in [0.25, 0.3) is 0 Å². The monoisotopic (exact) mass is 275 g/mol. The lowest BCUT2D eigenvalue weighted by Gasteiger charge is -2.10. The van der Waals surface area contributed by atoms with Gasteiger partial charge in [0.05, 0.1) is 6.20 Å². The van der Waals surface area contributed by atoms with Gasteiger partial charge in [0.2, 0.25) is 6.41 Å². The third-order valence-electron chi connectivity index (χ3n) is 2.37. The van der Waals surface area contributed by atoms with Gasteiger partial charge in [-0.05, 0) is 24.0 Å². The maximum Gasteiger partial charge on any atom is 0.211 e. The van der Waals surface area contributed by atoms with Crippen LogP contribution in [0.1, 0.15) is 5.56 Å². The highest BCUT2D eigenvalue weighted by Crippen LogP contribution is 2.21. The number of nitrogens with zero attached hydrogens (tertiary/aromatic N) is 3. The average Bonchev–Trinajstić information content (AvgIpc) is 2.47. The number of aromatic nitrogens is 3. The van der Waals surface area contributed by atoms with Gasteiger partial charge in [-0.25, -0.2) is 9.97 Å². The molecule has 0 aliphatic carbocycles. The molecule has 98 valence electrons. The van der Waals surface area contributed by atoms with Gasteiger partial charge in [0.15, 0.2) is 11.0 Å². The van der Waals surface area contributed by atoms with Crippen molar-refractivity contribution in [1.82, 2.24) is 15.0 Å². The van der Waals surface area contributed by atoms with Crippen molar-refractivity contribution in [2.75, 3.05) is 16.9 Å². The minimum atomic E-state index is 0.557. The first-order valence-electron chi connectivity index (χ1n) is 5.57. The largest absolute Gasteiger partial charge is 0.364 e. The van der Waals surface area contributed by atoms with E-state index in [0.29, 0.717) is 29.6 Å². The summed E-state index contributed by atoms with van der Waals surface area (Å²) in [5, 5.41) is 6.40. The molecular weight excluding hydrogens is 262 g/mol. The van der Waals surface area contributed by atoms with Crippen molar-refractivity contribution < 1.29 is 4.79 Å². The van der Waals surface area contributed by atoms with Crippen LogP contribution in [-0.2, 0) is 11.3 Å². The lowest BCUT2D eigenvalue weighted by Crippen LogP contribution is -2.07. The SMILES string of the molecule is CSc1ncc(NC=O)c(NCc2ccncc2)n1. The number of carbonyl (C=O) groups is 1. The third-order valence-corrected chi connectivity index (χ3v) is 2.93. The standard InChI is InChI=1S/C12H13N5OS/c1-19-12-15-7-10(16-8-18)11(17-12)14-6-9-2-4-13-5-3-9/h2-5,7-8H,6H2,1H3,(H,16,18)(H,14,15,17). The Morgan fingerprint density at radius 3 is 2.84 bits per heavy atom. The van der Waals surface area contributed by atoms with Crippen molar-refractivity contribution in [1.29, 1.82) is 0 Å². The van der Waals surface area contributed by atoms with Gasteiger partial charge in [-0.2, -0.15) is 0 Å². The van der Waals surface area contributed by atoms with Gasteiger partial charge in [0, 0.05) is 18.9 Å². The number of amides is 1. The van der Waals surface area contributed by atoms with E-state index in [1.54, 1.807) is 18.6 Å². The Morgan fingerprint density at radius 1 is 1.37 bits per heavy atom. The second-order valence-electron chi connectivity index (χ2n) is 3.59. The molecule has 0 atom stereocenters. The summed E-state index contributed by atoms with van der Waals surface area (Å²) < 4.78 is 0. The Hall–Kier alpha value is -2.15. The van der Waals surface area contributed by atoms with Gasteiger partial charge >= 0.3 is 0 Å². The zero-order chi connectivity index (χ0) is 13.5. The topological polar surface area (TPSA) is 79.8 Å². The summed E-state index contributed by atoms with van der Waals surface area (Å²) in [5.41, 5.74) is 1.64. The Morgan fingerprint density at radius 2 is 2.16 bits per heavy atom. The van der Waals surface area contributed by atoms with Crippen LogP contribution in [-0.4, -0.2) is 27.6 Å². The first kappa shape index (κ1) is 13.3. The quantitative estimate of drug-likeness (QED) is 0.475. The van der Waals surface area contributed by atoms with Crippen molar-refractivity contribution in [3.05, 3.63) is 36.3 Å². The number of thioether (sulfide) groups is 1. The first-order chi connectivity index (χ1) is 9.33. The second kappa shape index (κ2) is 6.69. The lowest BCUT2D eigenvalue weighted by atomic mass is 10.3. The highest BCUT2D eigenvalue weighted by molar-refractivity contribution is 7.98. The molecule has 1 amide bonds. The maximum absolute atomic E-state index is 10.5. The van der Waals surface area contributed by atoms with Crippen molar-refractivity contribution in [2.24, 2.45) is 0 Å². The van der Waals surface area contributed by atoms with Gasteiger partial charge in [-0.3, -0.25) is 9.78 Å². The van der Waals surface area contributed by atoms with E-state index in [1.165, 1.54) is 11.8 Å². The van der Waals surface area contributed by atoms with Crippen LogP contribution in [0.25, 0.3) is 0 Å². The summed E-state index contributed by atoms with van der Waals surface area (Å²) in [7, 11) is 0. The van der Waals surface area contributed by atoms with E-state index in [9.17, 15) is 4.79 Å². The van der Waals surface area contributed by atoms with Crippen molar-refractivity contribution in [3.8, 4) is 0 Å². The summed E-state index contributed by atoms with van der Waals surface area (Å²) in [5.74, 6) is 0.600. The van der Waals surface area contributed by atoms with Gasteiger partial charge in [-0.1, -0.05) is 11.8 Å². The van der Waals surface area contributed by atoms with Crippen molar-refractivity contribution >= 4 is 29.7 Å². The van der Waals surface area contributed by atoms with Crippen LogP contribution in [0.3, 0.4) is 0 Å². The van der Waals surface area contributed by atoms with Gasteiger partial charge < -0.3 is 10.6 Å². The maximum atomic E-state index is 10.5. The molecule has 2 aromatic heterocycles. The fourth-order valence-corrected chi connectivity index (χ4v) is 1.79. The number of hydrogen-bond donors (Lipinski definition) is 2. The molecule has 6 nitrogen and oxygen atoms in total. The molecule has 0 bridgehead atoms. The number of hydrogen-bond acceptors (Lipinski definition) is 6. The summed E-state index contributed by atoms with van der Waals surface area (Å²) in [6.07, 6.45) is 7.55. The fourth-order valence-electron chi connectivity index (χ4n) is 1.45. The van der Waals surface area contributed by atoms with E-state index in [-0.39, 0.29) is 0 Å². The molecule has 0 fully saturated rings. The molecule has 0 unspecified atom stereocenters. The summed E-state index contributed by atoms with van der Waals surface area (Å²) in [6, 6.07) is 3.83. The lowest BCUT2D eigenvalue weighted by molar-refractivity contribution is -0.105. The predicted molar refractivity (Wildman–Crippen MR) is 75.1 cm³/mol. The number of carbonyl (C=O) groups excluding carboxylic acids is 1. The Kier molecular flexibility index (Phi) is 4.68. The summed E-state index contributed by atoms with van der Waals surface area (Å²) in [4.78, 5) is 22.9. The first-order valence-corrected chi connectivity index (χ1v) is 6.80. The molecule has 2 N–H and O–H groups in total. The van der Waals surface area contributed by atoms with E-state index in [2.05, 4.69) is 25.6 Å². The molecule has 19 heavy (non-hydrogen) atoms. The van der Waals surface area contributed by atoms with Crippen LogP contribution in [0.15, 0.2) is 35.9 Å². The molecular formula is C12H13N5OS. The average molecular weight is 275 g/mol. The zero-order valence-electron chi connectivity index (χ0n) is 10.3. The second-order valence-corrected chi connectivity index (χ2v) is 4.36. The highest BCUT2D eigenvalue weighted by atomic mass is 32.2. The molecule has 2 aromatic rings. The smallest absolute Gasteiger partial charge is 0.211 e. The molecule has 0 saturated heterocycles. The van der Waals surface area contributed by atoms with E-state index in [4.69, 9.17) is 0 Å². The highest BCUT2D eigenvalue weighted by Gasteiger charge is 2.06. The van der Waals surface area contributed by atoms with Crippen molar-refractivity contribution in [2.45, 2.75) is 11.7 Å². The van der Waals surface area contributed by atoms with Gasteiger partial charge in [-0.15, -0.1) is 0 Å². The molecule has 2 rings (SSSR count). The Labute approximate surface area is 115 Å². The van der Waals surface area contributed by atoms with E-state index in [0.717, 1.165) is 5.56 Å². The molecule has 7 heteroatoms. The Balaban J connectivity index is 2.15. The van der Waals surface area contributed by atoms with Crippen molar-refractivity contribution in [3.63, 3.8) is 0 Å². The molecule has 2 heterocycles. The summed E-state index contributed by atoms with van der Waals surface area (Å²) >= 11 is 1.44. The molecule has 0 aromatic carbocycles.